The molecule has 0 amide bonds. The number of pyridine rings is 1. The molecule has 0 aliphatic carbocycles. The van der Waals surface area contributed by atoms with E-state index in [0.29, 0.717) is 18.4 Å². The number of rotatable bonds is 7. The molecule has 24 heavy (non-hydrogen) atoms. The van der Waals surface area contributed by atoms with Crippen LogP contribution >= 0.6 is 0 Å². The van der Waals surface area contributed by atoms with E-state index in [0.717, 1.165) is 35.4 Å². The Hall–Kier alpha value is -2.01. The van der Waals surface area contributed by atoms with E-state index in [1.807, 2.05) is 33.0 Å². The van der Waals surface area contributed by atoms with Crippen LogP contribution in [0.5, 0.6) is 5.88 Å². The average Bonchev–Trinajstić information content (AvgIpc) is 2.52. The summed E-state index contributed by atoms with van der Waals surface area (Å²) < 4.78 is 5.88. The van der Waals surface area contributed by atoms with Gasteiger partial charge in [-0.2, -0.15) is 0 Å². The molecule has 2 rings (SSSR count). The van der Waals surface area contributed by atoms with Crippen molar-refractivity contribution in [1.82, 2.24) is 15.0 Å². The van der Waals surface area contributed by atoms with Crippen molar-refractivity contribution in [3.63, 3.8) is 0 Å². The summed E-state index contributed by atoms with van der Waals surface area (Å²) in [6, 6.07) is 4.06. The number of aryl methyl sites for hydroxylation is 2. The number of ether oxygens (including phenoxy) is 1. The first-order valence-electron chi connectivity index (χ1n) is 8.48. The molecule has 0 unspecified atom stereocenters. The Balaban J connectivity index is 2.07. The van der Waals surface area contributed by atoms with Gasteiger partial charge in [0, 0.05) is 28.6 Å². The van der Waals surface area contributed by atoms with Crippen LogP contribution in [0, 0.1) is 12.8 Å². The van der Waals surface area contributed by atoms with Crippen LogP contribution in [0.25, 0.3) is 11.3 Å². The summed E-state index contributed by atoms with van der Waals surface area (Å²) in [6.45, 7) is 10.9. The van der Waals surface area contributed by atoms with Gasteiger partial charge >= 0.3 is 0 Å². The topological polar surface area (TPSA) is 73.9 Å². The van der Waals surface area contributed by atoms with Gasteiger partial charge in [-0.05, 0) is 51.7 Å². The predicted octanol–water partition coefficient (Wildman–Crippen LogP) is 3.55. The number of hydrogen-bond acceptors (Lipinski definition) is 5. The minimum Gasteiger partial charge on any atom is -0.477 e. The van der Waals surface area contributed by atoms with Crippen molar-refractivity contribution in [2.24, 2.45) is 11.7 Å². The average molecular weight is 328 g/mol. The summed E-state index contributed by atoms with van der Waals surface area (Å²) >= 11 is 0. The van der Waals surface area contributed by atoms with Gasteiger partial charge in [0.25, 0.3) is 0 Å². The molecule has 0 fully saturated rings. The Kier molecular flexibility index (Phi) is 5.89. The highest BCUT2D eigenvalue weighted by molar-refractivity contribution is 5.59. The third-order valence-corrected chi connectivity index (χ3v) is 3.79. The van der Waals surface area contributed by atoms with Crippen molar-refractivity contribution in [2.45, 2.75) is 53.0 Å². The van der Waals surface area contributed by atoms with Crippen LogP contribution in [-0.4, -0.2) is 27.1 Å². The molecule has 5 nitrogen and oxygen atoms in total. The maximum atomic E-state index is 6.06. The van der Waals surface area contributed by atoms with E-state index in [-0.39, 0.29) is 5.54 Å². The highest BCUT2D eigenvalue weighted by atomic mass is 16.5. The highest BCUT2D eigenvalue weighted by Gasteiger charge is 2.16. The molecule has 0 aromatic carbocycles. The van der Waals surface area contributed by atoms with Gasteiger partial charge in [0.1, 0.15) is 6.33 Å². The molecule has 0 bridgehead atoms. The first kappa shape index (κ1) is 18.3. The van der Waals surface area contributed by atoms with E-state index >= 15 is 0 Å². The van der Waals surface area contributed by atoms with E-state index < -0.39 is 0 Å². The van der Waals surface area contributed by atoms with Crippen LogP contribution in [0.3, 0.4) is 0 Å². The Morgan fingerprint density at radius 3 is 2.58 bits per heavy atom. The van der Waals surface area contributed by atoms with Gasteiger partial charge in [-0.3, -0.25) is 0 Å². The normalized spacial score (nSPS) is 12.9. The van der Waals surface area contributed by atoms with E-state index in [9.17, 15) is 0 Å². The quantitative estimate of drug-likeness (QED) is 0.841. The minimum absolute atomic E-state index is 0.181. The first-order chi connectivity index (χ1) is 11.3. The molecule has 2 N–H and O–H groups in total. The fraction of sp³-hybridized carbons (Fsp3) is 0.526. The number of hydrogen-bond donors (Lipinski definition) is 1. The minimum atomic E-state index is -0.181. The van der Waals surface area contributed by atoms with Gasteiger partial charge < -0.3 is 10.5 Å². The Morgan fingerprint density at radius 1 is 1.21 bits per heavy atom. The van der Waals surface area contributed by atoms with Gasteiger partial charge in [-0.15, -0.1) is 0 Å². The lowest BCUT2D eigenvalue weighted by Crippen LogP contribution is -2.35. The lowest BCUT2D eigenvalue weighted by atomic mass is 9.93. The fourth-order valence-electron chi connectivity index (χ4n) is 2.78. The molecule has 5 heteroatoms. The van der Waals surface area contributed by atoms with Gasteiger partial charge in [0.05, 0.1) is 12.3 Å². The van der Waals surface area contributed by atoms with Crippen LogP contribution in [0.15, 0.2) is 24.7 Å². The number of nitrogens with zero attached hydrogens (tertiary/aromatic N) is 3. The molecule has 0 radical (unpaired) electrons. The van der Waals surface area contributed by atoms with Crippen molar-refractivity contribution >= 4 is 0 Å². The molecule has 2 aromatic rings. The van der Waals surface area contributed by atoms with Gasteiger partial charge in [-0.25, -0.2) is 15.0 Å². The monoisotopic (exact) mass is 328 g/mol. The molecule has 0 saturated carbocycles. The lowest BCUT2D eigenvalue weighted by Gasteiger charge is -2.23. The third kappa shape index (κ3) is 5.27. The first-order valence-corrected chi connectivity index (χ1v) is 8.48. The molecule has 130 valence electrons. The maximum absolute atomic E-state index is 6.06. The molecule has 0 spiro atoms. The molecular formula is C19H28N4O. The Morgan fingerprint density at radius 2 is 1.96 bits per heavy atom. The van der Waals surface area contributed by atoms with Crippen molar-refractivity contribution in [2.75, 3.05) is 6.61 Å². The summed E-state index contributed by atoms with van der Waals surface area (Å²) in [7, 11) is 0. The molecule has 0 aliphatic heterocycles. The third-order valence-electron chi connectivity index (χ3n) is 3.79. The van der Waals surface area contributed by atoms with E-state index in [1.165, 1.54) is 0 Å². The summed E-state index contributed by atoms with van der Waals surface area (Å²) in [5, 5.41) is 0. The fourth-order valence-corrected chi connectivity index (χ4v) is 2.78. The van der Waals surface area contributed by atoms with Crippen molar-refractivity contribution in [3.05, 3.63) is 35.9 Å². The van der Waals surface area contributed by atoms with Gasteiger partial charge in [0.15, 0.2) is 0 Å². The second-order valence-electron chi connectivity index (χ2n) is 7.20. The SMILES string of the molecule is CCc1cc(-c2cnc(OC[C@@H](C)CC(C)(C)N)c(C)c2)ncn1. The van der Waals surface area contributed by atoms with Gasteiger partial charge in [0.2, 0.25) is 5.88 Å². The Bertz CT molecular complexity index is 679. The van der Waals surface area contributed by atoms with Crippen molar-refractivity contribution in [3.8, 4) is 17.1 Å². The smallest absolute Gasteiger partial charge is 0.216 e. The second kappa shape index (κ2) is 7.71. The predicted molar refractivity (Wildman–Crippen MR) is 96.9 cm³/mol. The summed E-state index contributed by atoms with van der Waals surface area (Å²) in [5.41, 5.74) is 9.78. The molecule has 2 aromatic heterocycles. The zero-order chi connectivity index (χ0) is 17.7. The van der Waals surface area contributed by atoms with Crippen LogP contribution in [0.2, 0.25) is 0 Å². The van der Waals surface area contributed by atoms with Crippen LogP contribution in [-0.2, 0) is 6.42 Å². The molecule has 2 heterocycles. The largest absolute Gasteiger partial charge is 0.477 e. The standard InChI is InChI=1S/C19H28N4O/c1-6-16-8-17(23-12-22-16)15-7-14(3)18(21-10-15)24-11-13(2)9-19(4,5)20/h7-8,10,12-13H,6,9,11,20H2,1-5H3/t13-/m0/s1. The highest BCUT2D eigenvalue weighted by Crippen LogP contribution is 2.23. The van der Waals surface area contributed by atoms with Crippen LogP contribution in [0.1, 0.15) is 45.4 Å². The van der Waals surface area contributed by atoms with Gasteiger partial charge in [-0.1, -0.05) is 13.8 Å². The zero-order valence-corrected chi connectivity index (χ0v) is 15.3. The molecule has 0 saturated heterocycles. The van der Waals surface area contributed by atoms with Crippen LogP contribution < -0.4 is 10.5 Å². The molecule has 1 atom stereocenters. The van der Waals surface area contributed by atoms with Crippen LogP contribution in [0.4, 0.5) is 0 Å². The maximum Gasteiger partial charge on any atom is 0.216 e. The summed E-state index contributed by atoms with van der Waals surface area (Å²) in [4.78, 5) is 13.0. The summed E-state index contributed by atoms with van der Waals surface area (Å²) in [5.74, 6) is 1.05. The summed E-state index contributed by atoms with van der Waals surface area (Å²) in [6.07, 6.45) is 5.20. The van der Waals surface area contributed by atoms with Crippen molar-refractivity contribution in [1.29, 1.82) is 0 Å². The molecule has 0 aliphatic rings. The van der Waals surface area contributed by atoms with Crippen molar-refractivity contribution < 1.29 is 4.74 Å². The van der Waals surface area contributed by atoms with E-state index in [1.54, 1.807) is 6.33 Å². The zero-order valence-electron chi connectivity index (χ0n) is 15.3. The number of aromatic nitrogens is 3. The van der Waals surface area contributed by atoms with E-state index in [4.69, 9.17) is 10.5 Å². The lowest BCUT2D eigenvalue weighted by molar-refractivity contribution is 0.221. The molecular weight excluding hydrogens is 300 g/mol. The van der Waals surface area contributed by atoms with E-state index in [2.05, 4.69) is 34.9 Å². The number of nitrogens with two attached hydrogens (primary N) is 1. The Labute approximate surface area is 144 Å². The second-order valence-corrected chi connectivity index (χ2v) is 7.20.